The summed E-state index contributed by atoms with van der Waals surface area (Å²) in [6.45, 7) is 12.7. The van der Waals surface area contributed by atoms with Gasteiger partial charge in [0.15, 0.2) is 0 Å². The van der Waals surface area contributed by atoms with Gasteiger partial charge in [0.1, 0.15) is 0 Å². The number of amides is 1. The van der Waals surface area contributed by atoms with Crippen molar-refractivity contribution in [1.82, 2.24) is 14.7 Å². The van der Waals surface area contributed by atoms with Gasteiger partial charge in [-0.2, -0.15) is 0 Å². The number of hydrogen-bond acceptors (Lipinski definition) is 3. The largest absolute Gasteiger partial charge is 0.336 e. The number of carbonyl (C=O) groups is 1. The van der Waals surface area contributed by atoms with Crippen LogP contribution in [0.15, 0.2) is 24.3 Å². The van der Waals surface area contributed by atoms with Gasteiger partial charge < -0.3 is 9.80 Å². The number of rotatable bonds is 4. The molecule has 0 unspecified atom stereocenters. The van der Waals surface area contributed by atoms with Gasteiger partial charge in [-0.05, 0) is 49.5 Å². The second kappa shape index (κ2) is 8.13. The third-order valence-electron chi connectivity index (χ3n) is 5.45. The van der Waals surface area contributed by atoms with Crippen LogP contribution in [0.4, 0.5) is 0 Å². The topological polar surface area (TPSA) is 26.8 Å². The van der Waals surface area contributed by atoms with Crippen molar-refractivity contribution in [2.75, 3.05) is 45.8 Å². The van der Waals surface area contributed by atoms with E-state index in [0.29, 0.717) is 0 Å². The van der Waals surface area contributed by atoms with E-state index in [4.69, 9.17) is 0 Å². The average molecular weight is 329 g/mol. The van der Waals surface area contributed by atoms with Crippen molar-refractivity contribution >= 4 is 5.91 Å². The monoisotopic (exact) mass is 329 g/mol. The minimum absolute atomic E-state index is 0.184. The van der Waals surface area contributed by atoms with E-state index in [2.05, 4.69) is 35.8 Å². The zero-order valence-electron chi connectivity index (χ0n) is 15.2. The Labute approximate surface area is 146 Å². The second-order valence-electron chi connectivity index (χ2n) is 7.41. The first-order valence-corrected chi connectivity index (χ1v) is 9.48. The number of piperazine rings is 1. The maximum Gasteiger partial charge on any atom is 0.253 e. The second-order valence-corrected chi connectivity index (χ2v) is 7.41. The zero-order valence-corrected chi connectivity index (χ0v) is 15.2. The van der Waals surface area contributed by atoms with Gasteiger partial charge in [0.2, 0.25) is 0 Å². The highest BCUT2D eigenvalue weighted by atomic mass is 16.2. The summed E-state index contributed by atoms with van der Waals surface area (Å²) in [5.74, 6) is 0.991. The Morgan fingerprint density at radius 3 is 2.38 bits per heavy atom. The number of nitrogens with zero attached hydrogens (tertiary/aromatic N) is 3. The number of piperidine rings is 1. The van der Waals surface area contributed by atoms with Crippen LogP contribution >= 0.6 is 0 Å². The van der Waals surface area contributed by atoms with E-state index >= 15 is 0 Å². The summed E-state index contributed by atoms with van der Waals surface area (Å²) in [4.78, 5) is 19.6. The minimum Gasteiger partial charge on any atom is -0.336 e. The molecule has 132 valence electrons. The molecule has 24 heavy (non-hydrogen) atoms. The molecule has 1 amide bonds. The quantitative estimate of drug-likeness (QED) is 0.850. The van der Waals surface area contributed by atoms with Crippen molar-refractivity contribution < 1.29 is 4.79 Å². The average Bonchev–Trinajstić information content (AvgIpc) is 2.62. The Morgan fingerprint density at radius 1 is 1.04 bits per heavy atom. The molecule has 1 aromatic rings. The van der Waals surface area contributed by atoms with Crippen LogP contribution in [0.25, 0.3) is 0 Å². The minimum atomic E-state index is 0.184. The van der Waals surface area contributed by atoms with Crippen molar-refractivity contribution in [3.8, 4) is 0 Å². The van der Waals surface area contributed by atoms with Gasteiger partial charge in [0, 0.05) is 44.8 Å². The molecular formula is C20H31N3O. The molecule has 0 aromatic heterocycles. The predicted octanol–water partition coefficient (Wildman–Crippen LogP) is 2.70. The molecule has 0 saturated carbocycles. The van der Waals surface area contributed by atoms with E-state index in [-0.39, 0.29) is 5.91 Å². The molecule has 2 fully saturated rings. The first-order valence-electron chi connectivity index (χ1n) is 9.48. The maximum atomic E-state index is 12.6. The first-order chi connectivity index (χ1) is 11.7. The van der Waals surface area contributed by atoms with Crippen LogP contribution in [-0.4, -0.2) is 66.4 Å². The van der Waals surface area contributed by atoms with Gasteiger partial charge in [-0.3, -0.25) is 9.69 Å². The molecule has 2 heterocycles. The third-order valence-corrected chi connectivity index (χ3v) is 5.45. The first kappa shape index (κ1) is 17.4. The van der Waals surface area contributed by atoms with E-state index < -0.39 is 0 Å². The Kier molecular flexibility index (Phi) is 5.90. The van der Waals surface area contributed by atoms with Crippen LogP contribution in [0.5, 0.6) is 0 Å². The summed E-state index contributed by atoms with van der Waals surface area (Å²) in [5.41, 5.74) is 2.15. The summed E-state index contributed by atoms with van der Waals surface area (Å²) in [6.07, 6.45) is 2.66. The summed E-state index contributed by atoms with van der Waals surface area (Å²) in [5, 5.41) is 0. The lowest BCUT2D eigenvalue weighted by Gasteiger charge is -2.34. The van der Waals surface area contributed by atoms with Gasteiger partial charge >= 0.3 is 0 Å². The Hall–Kier alpha value is -1.39. The molecule has 1 aromatic carbocycles. The van der Waals surface area contributed by atoms with Crippen molar-refractivity contribution in [2.24, 2.45) is 5.92 Å². The fraction of sp³-hybridized carbons (Fsp3) is 0.650. The predicted molar refractivity (Wildman–Crippen MR) is 98.1 cm³/mol. The van der Waals surface area contributed by atoms with Gasteiger partial charge in [-0.1, -0.05) is 26.0 Å². The molecule has 0 N–H and O–H groups in total. The Balaban J connectivity index is 1.55. The molecule has 2 aliphatic heterocycles. The van der Waals surface area contributed by atoms with E-state index in [1.54, 1.807) is 0 Å². The van der Waals surface area contributed by atoms with Crippen molar-refractivity contribution in [1.29, 1.82) is 0 Å². The molecule has 3 rings (SSSR count). The molecule has 0 radical (unpaired) electrons. The Morgan fingerprint density at radius 2 is 1.75 bits per heavy atom. The van der Waals surface area contributed by atoms with E-state index in [0.717, 1.165) is 50.7 Å². The normalized spacial score (nSPS) is 23.4. The summed E-state index contributed by atoms with van der Waals surface area (Å²) in [6, 6.07) is 8.29. The maximum absolute atomic E-state index is 12.6. The molecular weight excluding hydrogens is 298 g/mol. The fourth-order valence-corrected chi connectivity index (χ4v) is 3.89. The number of benzene rings is 1. The SMILES string of the molecule is CCN1CCN(C(=O)c2ccc(CN3CCC[C@@H](C)C3)cc2)CC1. The van der Waals surface area contributed by atoms with Crippen LogP contribution in [0.2, 0.25) is 0 Å². The molecule has 1 atom stereocenters. The number of likely N-dealkylation sites (tertiary alicyclic amines) is 1. The van der Waals surface area contributed by atoms with Crippen molar-refractivity contribution in [3.05, 3.63) is 35.4 Å². The zero-order chi connectivity index (χ0) is 16.9. The highest BCUT2D eigenvalue weighted by Gasteiger charge is 2.21. The van der Waals surface area contributed by atoms with E-state index in [1.165, 1.54) is 31.5 Å². The Bertz CT molecular complexity index is 534. The van der Waals surface area contributed by atoms with Gasteiger partial charge in [-0.25, -0.2) is 0 Å². The van der Waals surface area contributed by atoms with Gasteiger partial charge in [0.05, 0.1) is 0 Å². The van der Waals surface area contributed by atoms with Crippen LogP contribution in [0.3, 0.4) is 0 Å². The molecule has 0 bridgehead atoms. The lowest BCUT2D eigenvalue weighted by Crippen LogP contribution is -2.48. The summed E-state index contributed by atoms with van der Waals surface area (Å²) in [7, 11) is 0. The molecule has 4 nitrogen and oxygen atoms in total. The van der Waals surface area contributed by atoms with Gasteiger partial charge in [0.25, 0.3) is 5.91 Å². The van der Waals surface area contributed by atoms with E-state index in [9.17, 15) is 4.79 Å². The number of carbonyl (C=O) groups excluding carboxylic acids is 1. The van der Waals surface area contributed by atoms with Crippen LogP contribution < -0.4 is 0 Å². The highest BCUT2D eigenvalue weighted by Crippen LogP contribution is 2.18. The molecule has 0 aliphatic carbocycles. The summed E-state index contributed by atoms with van der Waals surface area (Å²) < 4.78 is 0. The van der Waals surface area contributed by atoms with Crippen LogP contribution in [0, 0.1) is 5.92 Å². The van der Waals surface area contributed by atoms with Crippen molar-refractivity contribution in [2.45, 2.75) is 33.2 Å². The molecule has 0 spiro atoms. The smallest absolute Gasteiger partial charge is 0.253 e. The highest BCUT2D eigenvalue weighted by molar-refractivity contribution is 5.94. The molecule has 2 saturated heterocycles. The van der Waals surface area contributed by atoms with Crippen LogP contribution in [0.1, 0.15) is 42.6 Å². The third kappa shape index (κ3) is 4.37. The lowest BCUT2D eigenvalue weighted by molar-refractivity contribution is 0.0643. The number of hydrogen-bond donors (Lipinski definition) is 0. The molecule has 4 heteroatoms. The van der Waals surface area contributed by atoms with E-state index in [1.807, 2.05) is 17.0 Å². The molecule has 2 aliphatic rings. The lowest BCUT2D eigenvalue weighted by atomic mass is 9.99. The van der Waals surface area contributed by atoms with Crippen LogP contribution in [-0.2, 0) is 6.54 Å². The number of likely N-dealkylation sites (N-methyl/N-ethyl adjacent to an activating group) is 1. The summed E-state index contributed by atoms with van der Waals surface area (Å²) >= 11 is 0. The van der Waals surface area contributed by atoms with Crippen molar-refractivity contribution in [3.63, 3.8) is 0 Å². The fourth-order valence-electron chi connectivity index (χ4n) is 3.89. The standard InChI is InChI=1S/C20H31N3O/c1-3-21-11-13-23(14-12-21)20(24)19-8-6-18(7-9-19)16-22-10-4-5-17(2)15-22/h6-9,17H,3-5,10-16H2,1-2H3/t17-/m1/s1. The van der Waals surface area contributed by atoms with Gasteiger partial charge in [-0.15, -0.1) is 0 Å².